The Morgan fingerprint density at radius 2 is 0.527 bits per heavy atom. The number of carbonyl (C=O) groups is 3. The molecule has 426 valence electrons. The molecule has 0 amide bonds. The molecule has 0 aromatic heterocycles. The van der Waals surface area contributed by atoms with E-state index < -0.39 is 6.10 Å². The molecule has 1 atom stereocenters. The number of carbonyl (C=O) groups excluding carboxylic acids is 3. The van der Waals surface area contributed by atoms with Crippen molar-refractivity contribution in [3.05, 3.63) is 85.1 Å². The highest BCUT2D eigenvalue weighted by molar-refractivity contribution is 5.71. The predicted octanol–water partition coefficient (Wildman–Crippen LogP) is 21.5. The summed E-state index contributed by atoms with van der Waals surface area (Å²) in [5.74, 6) is -0.907. The van der Waals surface area contributed by atoms with Crippen LogP contribution < -0.4 is 0 Å². The van der Waals surface area contributed by atoms with E-state index in [1.165, 1.54) is 154 Å². The van der Waals surface area contributed by atoms with Gasteiger partial charge in [-0.25, -0.2) is 0 Å². The van der Waals surface area contributed by atoms with Gasteiger partial charge in [-0.05, 0) is 116 Å². The van der Waals surface area contributed by atoms with Crippen molar-refractivity contribution in [2.45, 2.75) is 316 Å². The van der Waals surface area contributed by atoms with E-state index >= 15 is 0 Å². The predicted molar refractivity (Wildman–Crippen MR) is 321 cm³/mol. The summed E-state index contributed by atoms with van der Waals surface area (Å²) >= 11 is 0. The average molecular weight is 1030 g/mol. The summed E-state index contributed by atoms with van der Waals surface area (Å²) in [6, 6.07) is 0. The molecule has 0 heterocycles. The van der Waals surface area contributed by atoms with Crippen LogP contribution in [0, 0.1) is 0 Å². The minimum Gasteiger partial charge on any atom is -0.462 e. The molecule has 0 N–H and O–H groups in total. The second-order valence-corrected chi connectivity index (χ2v) is 20.9. The van der Waals surface area contributed by atoms with Crippen LogP contribution in [0.3, 0.4) is 0 Å². The van der Waals surface area contributed by atoms with Gasteiger partial charge in [0.25, 0.3) is 0 Å². The molecule has 74 heavy (non-hydrogen) atoms. The van der Waals surface area contributed by atoms with Crippen molar-refractivity contribution in [2.75, 3.05) is 13.2 Å². The zero-order valence-corrected chi connectivity index (χ0v) is 48.8. The lowest BCUT2D eigenvalue weighted by molar-refractivity contribution is -0.167. The van der Waals surface area contributed by atoms with Crippen LogP contribution in [0.1, 0.15) is 310 Å². The molecule has 0 rings (SSSR count). The van der Waals surface area contributed by atoms with Gasteiger partial charge in [0.05, 0.1) is 0 Å². The molecule has 0 radical (unpaired) electrons. The van der Waals surface area contributed by atoms with Crippen LogP contribution in [0.5, 0.6) is 0 Å². The van der Waals surface area contributed by atoms with Crippen molar-refractivity contribution in [1.82, 2.24) is 0 Å². The van der Waals surface area contributed by atoms with Crippen molar-refractivity contribution in [1.29, 1.82) is 0 Å². The Balaban J connectivity index is 4.41. The Morgan fingerprint density at radius 3 is 0.851 bits per heavy atom. The van der Waals surface area contributed by atoms with E-state index in [-0.39, 0.29) is 31.1 Å². The number of hydrogen-bond acceptors (Lipinski definition) is 6. The van der Waals surface area contributed by atoms with Gasteiger partial charge in [0.15, 0.2) is 6.10 Å². The summed E-state index contributed by atoms with van der Waals surface area (Å²) in [7, 11) is 0. The van der Waals surface area contributed by atoms with Crippen LogP contribution >= 0.6 is 0 Å². The fourth-order valence-corrected chi connectivity index (χ4v) is 8.87. The lowest BCUT2D eigenvalue weighted by Gasteiger charge is -2.18. The number of ether oxygens (including phenoxy) is 3. The highest BCUT2D eigenvalue weighted by atomic mass is 16.6. The third-order valence-electron chi connectivity index (χ3n) is 13.6. The minimum atomic E-state index is -0.793. The Kier molecular flexibility index (Phi) is 59.3. The second-order valence-electron chi connectivity index (χ2n) is 20.9. The largest absolute Gasteiger partial charge is 0.462 e. The van der Waals surface area contributed by atoms with Crippen molar-refractivity contribution in [3.8, 4) is 0 Å². The molecule has 0 fully saturated rings. The first-order chi connectivity index (χ1) is 36.5. The maximum atomic E-state index is 12.9. The first-order valence-corrected chi connectivity index (χ1v) is 31.6. The van der Waals surface area contributed by atoms with E-state index in [0.717, 1.165) is 116 Å². The molecule has 0 spiro atoms. The highest BCUT2D eigenvalue weighted by Gasteiger charge is 2.19. The maximum absolute atomic E-state index is 12.9. The normalized spacial score (nSPS) is 12.6. The Hall–Kier alpha value is -3.41. The molecule has 6 nitrogen and oxygen atoms in total. The molecule has 0 saturated carbocycles. The fraction of sp³-hybridized carbons (Fsp3) is 0.750. The van der Waals surface area contributed by atoms with Crippen LogP contribution in [0.15, 0.2) is 85.1 Å². The maximum Gasteiger partial charge on any atom is 0.306 e. The molecule has 0 aliphatic carbocycles. The van der Waals surface area contributed by atoms with Gasteiger partial charge in [0.2, 0.25) is 0 Å². The number of unbranched alkanes of at least 4 members (excludes halogenated alkanes) is 32. The summed E-state index contributed by atoms with van der Waals surface area (Å²) in [6.45, 7) is 6.51. The van der Waals surface area contributed by atoms with Gasteiger partial charge in [-0.2, -0.15) is 0 Å². The van der Waals surface area contributed by atoms with Crippen LogP contribution in [-0.4, -0.2) is 37.2 Å². The lowest BCUT2D eigenvalue weighted by atomic mass is 10.1. The first-order valence-electron chi connectivity index (χ1n) is 31.6. The topological polar surface area (TPSA) is 78.9 Å². The van der Waals surface area contributed by atoms with Gasteiger partial charge in [0, 0.05) is 19.3 Å². The van der Waals surface area contributed by atoms with Gasteiger partial charge < -0.3 is 14.2 Å². The number of hydrogen-bond donors (Lipinski definition) is 0. The van der Waals surface area contributed by atoms with E-state index in [9.17, 15) is 14.4 Å². The monoisotopic (exact) mass is 1030 g/mol. The molecule has 6 heteroatoms. The van der Waals surface area contributed by atoms with Gasteiger partial charge in [0.1, 0.15) is 13.2 Å². The zero-order chi connectivity index (χ0) is 53.6. The minimum absolute atomic E-state index is 0.0873. The summed E-state index contributed by atoms with van der Waals surface area (Å²) in [5.41, 5.74) is 0. The summed E-state index contributed by atoms with van der Waals surface area (Å²) in [6.07, 6.45) is 81.5. The molecule has 0 aromatic rings. The number of esters is 3. The van der Waals surface area contributed by atoms with Gasteiger partial charge in [-0.3, -0.25) is 14.4 Å². The molecule has 0 saturated heterocycles. The van der Waals surface area contributed by atoms with Crippen molar-refractivity contribution >= 4 is 17.9 Å². The number of allylic oxidation sites excluding steroid dienone is 14. The average Bonchev–Trinajstić information content (AvgIpc) is 3.40. The van der Waals surface area contributed by atoms with E-state index in [0.29, 0.717) is 19.3 Å². The summed E-state index contributed by atoms with van der Waals surface area (Å²) in [4.78, 5) is 38.3. The molecule has 0 bridgehead atoms. The van der Waals surface area contributed by atoms with Gasteiger partial charge >= 0.3 is 17.9 Å². The molecule has 1 unspecified atom stereocenters. The smallest absolute Gasteiger partial charge is 0.306 e. The third kappa shape index (κ3) is 59.5. The highest BCUT2D eigenvalue weighted by Crippen LogP contribution is 2.16. The standard InChI is InChI=1S/C68H118O6/c1-4-7-10-13-16-19-22-25-28-31-33-34-36-37-40-43-46-49-52-55-58-61-67(70)73-64-65(63-72-66(69)60-57-54-51-48-45-42-39-30-27-24-21-18-15-12-9-6-3)74-68(71)62-59-56-53-50-47-44-41-38-35-32-29-26-23-20-17-14-11-8-5-2/h8,11,17,20-21,24,26,29-31,33,35,38-39,65H,4-7,9-10,12-16,18-19,22-23,25,27-28,32,34,36-37,40-64H2,1-3H3/b11-8-,20-17-,24-21-,29-26-,33-31-,38-35-,39-30-. The fourth-order valence-electron chi connectivity index (χ4n) is 8.87. The van der Waals surface area contributed by atoms with E-state index in [1.54, 1.807) is 0 Å². The number of rotatable bonds is 57. The zero-order valence-electron chi connectivity index (χ0n) is 48.8. The third-order valence-corrected chi connectivity index (χ3v) is 13.6. The van der Waals surface area contributed by atoms with Crippen LogP contribution in [-0.2, 0) is 28.6 Å². The Labute approximate surface area is 458 Å². The molecular formula is C68H118O6. The summed E-state index contributed by atoms with van der Waals surface area (Å²) in [5, 5.41) is 0. The molecular weight excluding hydrogens is 913 g/mol. The summed E-state index contributed by atoms with van der Waals surface area (Å²) < 4.78 is 16.9. The van der Waals surface area contributed by atoms with E-state index in [1.807, 2.05) is 0 Å². The second kappa shape index (κ2) is 62.1. The van der Waals surface area contributed by atoms with Gasteiger partial charge in [-0.15, -0.1) is 0 Å². The molecule has 0 aromatic carbocycles. The molecule has 0 aliphatic heterocycles. The van der Waals surface area contributed by atoms with Crippen LogP contribution in [0.2, 0.25) is 0 Å². The Bertz CT molecular complexity index is 1420. The van der Waals surface area contributed by atoms with Crippen molar-refractivity contribution in [3.63, 3.8) is 0 Å². The molecule has 0 aliphatic rings. The first kappa shape index (κ1) is 70.6. The quantitative estimate of drug-likeness (QED) is 0.0261. The lowest BCUT2D eigenvalue weighted by Crippen LogP contribution is -2.30. The van der Waals surface area contributed by atoms with Crippen molar-refractivity contribution < 1.29 is 28.6 Å². The van der Waals surface area contributed by atoms with Crippen LogP contribution in [0.25, 0.3) is 0 Å². The Morgan fingerprint density at radius 1 is 0.284 bits per heavy atom. The van der Waals surface area contributed by atoms with E-state index in [4.69, 9.17) is 14.2 Å². The SMILES string of the molecule is CC/C=C\C/C=C\C/C=C\C/C=C\CCCCCCCCC(=O)OC(COC(=O)CCCCCCC/C=C\C/C=C\CCCCCC)COC(=O)CCCCCCCCCCC/C=C\CCCCCCCCCC. The van der Waals surface area contributed by atoms with Crippen LogP contribution in [0.4, 0.5) is 0 Å². The van der Waals surface area contributed by atoms with Gasteiger partial charge in [-0.1, -0.05) is 260 Å². The van der Waals surface area contributed by atoms with E-state index in [2.05, 4.69) is 106 Å². The van der Waals surface area contributed by atoms with Crippen molar-refractivity contribution in [2.24, 2.45) is 0 Å².